The van der Waals surface area contributed by atoms with E-state index in [9.17, 15) is 10.2 Å². The highest BCUT2D eigenvalue weighted by Gasteiger charge is 2.47. The number of hydrogen-bond acceptors (Lipinski definition) is 5. The van der Waals surface area contributed by atoms with Gasteiger partial charge in [-0.1, -0.05) is 135 Å². The Morgan fingerprint density at radius 3 is 1.20 bits per heavy atom. The monoisotopic (exact) mass is 651 g/mol. The number of nitrogens with zero attached hydrogens (tertiary/aromatic N) is 3. The van der Waals surface area contributed by atoms with E-state index < -0.39 is 11.2 Å². The van der Waals surface area contributed by atoms with Gasteiger partial charge in [0.1, 0.15) is 11.2 Å². The number of likely N-dealkylation sites (tertiary alicyclic amines) is 2. The first-order valence-corrected chi connectivity index (χ1v) is 18.0. The fourth-order valence-corrected chi connectivity index (χ4v) is 8.44. The topological polar surface area (TPSA) is 59.8 Å². The second-order valence-corrected chi connectivity index (χ2v) is 14.3. The zero-order valence-electron chi connectivity index (χ0n) is 28.8. The van der Waals surface area contributed by atoms with Gasteiger partial charge in [0, 0.05) is 25.2 Å². The van der Waals surface area contributed by atoms with Gasteiger partial charge < -0.3 is 10.2 Å². The van der Waals surface area contributed by atoms with Crippen molar-refractivity contribution in [3.05, 3.63) is 173 Å². The quantitative estimate of drug-likeness (QED) is 0.152. The number of pyridine rings is 1. The number of hydrogen-bond donors (Lipinski definition) is 2. The first kappa shape index (κ1) is 33.4. The summed E-state index contributed by atoms with van der Waals surface area (Å²) in [5.74, 6) is 0.348. The first-order valence-electron chi connectivity index (χ1n) is 18.0. The lowest BCUT2D eigenvalue weighted by Crippen LogP contribution is -2.48. The lowest BCUT2D eigenvalue weighted by molar-refractivity contribution is -0.00769. The van der Waals surface area contributed by atoms with Crippen molar-refractivity contribution in [1.82, 2.24) is 14.8 Å². The lowest BCUT2D eigenvalue weighted by atomic mass is 9.79. The minimum absolute atomic E-state index is 0.0834. The maximum absolute atomic E-state index is 12.7. The number of rotatable bonds is 11. The predicted molar refractivity (Wildman–Crippen MR) is 197 cm³/mol. The Labute approximate surface area is 291 Å². The van der Waals surface area contributed by atoms with E-state index in [1.54, 1.807) is 0 Å². The van der Waals surface area contributed by atoms with Crippen LogP contribution in [0.3, 0.4) is 0 Å². The Morgan fingerprint density at radius 1 is 0.571 bits per heavy atom. The molecular weight excluding hydrogens is 603 g/mol. The Balaban J connectivity index is 1.20. The average Bonchev–Trinajstić information content (AvgIpc) is 3.82. The van der Waals surface area contributed by atoms with Crippen molar-refractivity contribution in [2.45, 2.75) is 81.8 Å². The second kappa shape index (κ2) is 14.4. The third-order valence-electron chi connectivity index (χ3n) is 10.9. The summed E-state index contributed by atoms with van der Waals surface area (Å²) in [6.07, 6.45) is 3.86. The largest absolute Gasteiger partial charge is 0.379 e. The molecule has 2 saturated heterocycles. The Bertz CT molecular complexity index is 1590. The molecule has 2 atom stereocenters. The van der Waals surface area contributed by atoms with E-state index in [1.807, 2.05) is 72.8 Å². The zero-order chi connectivity index (χ0) is 33.8. The maximum atomic E-state index is 12.7. The molecule has 3 heterocycles. The van der Waals surface area contributed by atoms with Crippen LogP contribution in [0.2, 0.25) is 0 Å². The van der Waals surface area contributed by atoms with Gasteiger partial charge in [-0.25, -0.2) is 0 Å². The fourth-order valence-electron chi connectivity index (χ4n) is 8.44. The van der Waals surface area contributed by atoms with Crippen LogP contribution < -0.4 is 0 Å². The molecule has 49 heavy (non-hydrogen) atoms. The molecule has 0 radical (unpaired) electrons. The van der Waals surface area contributed by atoms with E-state index in [4.69, 9.17) is 4.98 Å². The third-order valence-corrected chi connectivity index (χ3v) is 10.9. The van der Waals surface area contributed by atoms with Crippen molar-refractivity contribution >= 4 is 0 Å². The van der Waals surface area contributed by atoms with Gasteiger partial charge in [0.05, 0.1) is 11.4 Å². The summed E-state index contributed by atoms with van der Waals surface area (Å²) in [6.45, 7) is 7.64. The molecule has 1 aromatic heterocycles. The van der Waals surface area contributed by atoms with Gasteiger partial charge in [0.2, 0.25) is 0 Å². The SMILES string of the molecule is CC(C)c1cc(CN2CCCC2C(O)(c2ccccc2)c2ccccc2)nc(CN2CCCC2C(O)(c2ccccc2)c2ccccc2)c1. The minimum Gasteiger partial charge on any atom is -0.379 e. The van der Waals surface area contributed by atoms with Crippen molar-refractivity contribution < 1.29 is 10.2 Å². The summed E-state index contributed by atoms with van der Waals surface area (Å²) < 4.78 is 0. The normalized spacial score (nSPS) is 19.1. The highest BCUT2D eigenvalue weighted by atomic mass is 16.3. The van der Waals surface area contributed by atoms with Gasteiger partial charge in [0.25, 0.3) is 0 Å². The van der Waals surface area contributed by atoms with E-state index in [1.165, 1.54) is 5.56 Å². The zero-order valence-corrected chi connectivity index (χ0v) is 28.8. The van der Waals surface area contributed by atoms with Crippen molar-refractivity contribution in [3.63, 3.8) is 0 Å². The van der Waals surface area contributed by atoms with Crippen LogP contribution in [0.5, 0.6) is 0 Å². The molecule has 252 valence electrons. The lowest BCUT2D eigenvalue weighted by Gasteiger charge is -2.40. The van der Waals surface area contributed by atoms with Crippen molar-refractivity contribution in [1.29, 1.82) is 0 Å². The van der Waals surface area contributed by atoms with Crippen LogP contribution in [0.25, 0.3) is 0 Å². The van der Waals surface area contributed by atoms with Gasteiger partial charge in [0.15, 0.2) is 0 Å². The van der Waals surface area contributed by atoms with Crippen molar-refractivity contribution in [2.75, 3.05) is 13.1 Å². The molecule has 0 spiro atoms. The van der Waals surface area contributed by atoms with E-state index in [0.717, 1.165) is 72.4 Å². The first-order chi connectivity index (χ1) is 23.9. The van der Waals surface area contributed by atoms with Crippen LogP contribution in [0.4, 0.5) is 0 Å². The van der Waals surface area contributed by atoms with Gasteiger partial charge in [-0.3, -0.25) is 14.8 Å². The standard InChI is InChI=1S/C44H49N3O2/c1-33(2)34-29-39(31-46-27-15-25-41(46)43(48,35-17-7-3-8-18-35)36-19-9-4-10-20-36)45-40(30-34)32-47-28-16-26-42(47)44(49,37-21-11-5-12-22-37)38-23-13-6-14-24-38/h3-14,17-24,29-30,33,41-42,48-49H,15-16,25-28,31-32H2,1-2H3. The van der Waals surface area contributed by atoms with Crippen LogP contribution in [-0.4, -0.2) is 50.2 Å². The maximum Gasteiger partial charge on any atom is 0.130 e. The van der Waals surface area contributed by atoms with Crippen LogP contribution in [-0.2, 0) is 24.3 Å². The Hall–Kier alpha value is -4.13. The smallest absolute Gasteiger partial charge is 0.130 e. The van der Waals surface area contributed by atoms with Crippen LogP contribution >= 0.6 is 0 Å². The molecule has 0 aliphatic carbocycles. The van der Waals surface area contributed by atoms with Crippen LogP contribution in [0.15, 0.2) is 133 Å². The van der Waals surface area contributed by atoms with E-state index in [2.05, 4.69) is 84.3 Å². The minimum atomic E-state index is -1.14. The molecule has 0 saturated carbocycles. The van der Waals surface area contributed by atoms with Crippen LogP contribution in [0.1, 0.15) is 84.7 Å². The van der Waals surface area contributed by atoms with Crippen molar-refractivity contribution in [2.24, 2.45) is 0 Å². The summed E-state index contributed by atoms with van der Waals surface area (Å²) in [7, 11) is 0. The third kappa shape index (κ3) is 6.61. The number of aliphatic hydroxyl groups is 2. The molecule has 2 aliphatic rings. The molecule has 0 amide bonds. The van der Waals surface area contributed by atoms with Crippen LogP contribution in [0, 0.1) is 0 Å². The highest BCUT2D eigenvalue weighted by molar-refractivity contribution is 5.40. The molecule has 5 nitrogen and oxygen atoms in total. The molecule has 2 fully saturated rings. The fraction of sp³-hybridized carbons (Fsp3) is 0.341. The molecule has 0 bridgehead atoms. The van der Waals surface area contributed by atoms with Gasteiger partial charge in [-0.05, 0) is 84.6 Å². The average molecular weight is 652 g/mol. The van der Waals surface area contributed by atoms with E-state index in [0.29, 0.717) is 19.0 Å². The number of aromatic nitrogens is 1. The Kier molecular flexibility index (Phi) is 9.80. The molecular formula is C44H49N3O2. The van der Waals surface area contributed by atoms with E-state index >= 15 is 0 Å². The summed E-state index contributed by atoms with van der Waals surface area (Å²) in [4.78, 5) is 10.2. The molecule has 5 aromatic rings. The molecule has 2 unspecified atom stereocenters. The predicted octanol–water partition coefficient (Wildman–Crippen LogP) is 8.01. The molecule has 5 heteroatoms. The van der Waals surface area contributed by atoms with Crippen molar-refractivity contribution in [3.8, 4) is 0 Å². The summed E-state index contributed by atoms with van der Waals surface area (Å²) in [5.41, 5.74) is 4.76. The van der Waals surface area contributed by atoms with Gasteiger partial charge in [-0.15, -0.1) is 0 Å². The number of benzene rings is 4. The Morgan fingerprint density at radius 2 is 0.898 bits per heavy atom. The second-order valence-electron chi connectivity index (χ2n) is 14.3. The summed E-state index contributed by atoms with van der Waals surface area (Å²) in [6, 6.07) is 45.0. The molecule has 7 rings (SSSR count). The molecule has 2 aliphatic heterocycles. The molecule has 2 N–H and O–H groups in total. The highest BCUT2D eigenvalue weighted by Crippen LogP contribution is 2.42. The van der Waals surface area contributed by atoms with Gasteiger partial charge >= 0.3 is 0 Å². The molecule has 4 aromatic carbocycles. The van der Waals surface area contributed by atoms with E-state index in [-0.39, 0.29) is 12.1 Å². The van der Waals surface area contributed by atoms with Gasteiger partial charge in [-0.2, -0.15) is 0 Å². The summed E-state index contributed by atoms with van der Waals surface area (Å²) >= 11 is 0. The summed E-state index contributed by atoms with van der Waals surface area (Å²) in [5, 5.41) is 25.4.